The van der Waals surface area contributed by atoms with Crippen molar-refractivity contribution in [2.24, 2.45) is 5.10 Å². The van der Waals surface area contributed by atoms with Crippen LogP contribution in [0.3, 0.4) is 0 Å². The lowest BCUT2D eigenvalue weighted by molar-refractivity contribution is -0.148. The van der Waals surface area contributed by atoms with Gasteiger partial charge in [-0.05, 0) is 19.1 Å². The Morgan fingerprint density at radius 1 is 1.38 bits per heavy atom. The molecule has 1 N–H and O–H groups in total. The van der Waals surface area contributed by atoms with E-state index in [0.29, 0.717) is 5.69 Å². The minimum Gasteiger partial charge on any atom is -0.448 e. The predicted octanol–water partition coefficient (Wildman–Crippen LogP) is 1.40. The highest BCUT2D eigenvalue weighted by Gasteiger charge is 2.28. The molecule has 1 aliphatic rings. The summed E-state index contributed by atoms with van der Waals surface area (Å²) in [7, 11) is 0. The second-order valence-corrected chi connectivity index (χ2v) is 5.17. The van der Waals surface area contributed by atoms with Gasteiger partial charge in [0.2, 0.25) is 5.91 Å². The summed E-state index contributed by atoms with van der Waals surface area (Å²) in [6.07, 6.45) is 0.908. The molecule has 0 aliphatic carbocycles. The third-order valence-electron chi connectivity index (χ3n) is 3.34. The van der Waals surface area contributed by atoms with E-state index in [1.54, 1.807) is 24.3 Å². The largest absolute Gasteiger partial charge is 0.448 e. The van der Waals surface area contributed by atoms with Gasteiger partial charge in [0.05, 0.1) is 5.69 Å². The monoisotopic (exact) mass is 329 g/mol. The predicted molar refractivity (Wildman–Crippen MR) is 89.4 cm³/mol. The number of para-hydroxylation sites is 1. The van der Waals surface area contributed by atoms with Crippen molar-refractivity contribution in [1.29, 1.82) is 0 Å². The summed E-state index contributed by atoms with van der Waals surface area (Å²) in [5, 5.41) is 7.81. The first-order valence-electron chi connectivity index (χ1n) is 7.58. The summed E-state index contributed by atoms with van der Waals surface area (Å²) in [5.74, 6) is -1.32. The number of hydrogen-bond acceptors (Lipinski definition) is 5. The van der Waals surface area contributed by atoms with Crippen LogP contribution >= 0.6 is 0 Å². The molecule has 1 aromatic rings. The normalized spacial score (nSPS) is 15.3. The first kappa shape index (κ1) is 17.4. The summed E-state index contributed by atoms with van der Waals surface area (Å²) in [5.41, 5.74) is 0.686. The standard InChI is InChI=1S/C17H19N3O4/c1-3-11-18-16(22)12(2)24-17(23)14-9-10-15(21)20(19-14)13-7-5-4-6-8-13/h3-8,12H,1,9-11H2,2H3,(H,18,22)/t12-/m0/s1. The Labute approximate surface area is 140 Å². The Bertz CT molecular complexity index is 670. The number of carbonyl (C=O) groups is 3. The van der Waals surface area contributed by atoms with E-state index in [-0.39, 0.29) is 31.0 Å². The lowest BCUT2D eigenvalue weighted by Gasteiger charge is -2.23. The SMILES string of the molecule is C=CCNC(=O)[C@H](C)OC(=O)C1=NN(c2ccccc2)C(=O)CC1. The summed E-state index contributed by atoms with van der Waals surface area (Å²) in [4.78, 5) is 35.9. The molecule has 0 saturated heterocycles. The minimum atomic E-state index is -0.956. The number of benzene rings is 1. The number of anilines is 1. The summed E-state index contributed by atoms with van der Waals surface area (Å²) in [6.45, 7) is 5.25. The number of carbonyl (C=O) groups excluding carboxylic acids is 3. The van der Waals surface area contributed by atoms with Crippen LogP contribution in [-0.2, 0) is 19.1 Å². The van der Waals surface area contributed by atoms with Gasteiger partial charge < -0.3 is 10.1 Å². The molecule has 0 fully saturated rings. The molecular formula is C17H19N3O4. The van der Waals surface area contributed by atoms with Crippen LogP contribution in [0.25, 0.3) is 0 Å². The number of esters is 1. The molecule has 7 nitrogen and oxygen atoms in total. The molecule has 1 atom stereocenters. The van der Waals surface area contributed by atoms with Crippen molar-refractivity contribution >= 4 is 29.2 Å². The zero-order valence-corrected chi connectivity index (χ0v) is 13.4. The van der Waals surface area contributed by atoms with E-state index in [2.05, 4.69) is 17.0 Å². The summed E-state index contributed by atoms with van der Waals surface area (Å²) >= 11 is 0. The highest BCUT2D eigenvalue weighted by Crippen LogP contribution is 2.20. The molecule has 2 rings (SSSR count). The summed E-state index contributed by atoms with van der Waals surface area (Å²) in [6, 6.07) is 8.82. The van der Waals surface area contributed by atoms with Gasteiger partial charge in [0.25, 0.3) is 5.91 Å². The number of rotatable bonds is 6. The highest BCUT2D eigenvalue weighted by atomic mass is 16.5. The Morgan fingerprint density at radius 3 is 2.75 bits per heavy atom. The zero-order chi connectivity index (χ0) is 17.5. The van der Waals surface area contributed by atoms with Gasteiger partial charge in [0.15, 0.2) is 6.10 Å². The van der Waals surface area contributed by atoms with Gasteiger partial charge in [-0.3, -0.25) is 9.59 Å². The second kappa shape index (κ2) is 8.05. The number of nitrogens with one attached hydrogen (secondary N) is 1. The molecule has 0 bridgehead atoms. The molecule has 2 amide bonds. The number of nitrogens with zero attached hydrogens (tertiary/aromatic N) is 2. The quantitative estimate of drug-likeness (QED) is 0.631. The maximum absolute atomic E-state index is 12.2. The molecular weight excluding hydrogens is 310 g/mol. The van der Waals surface area contributed by atoms with Gasteiger partial charge in [-0.2, -0.15) is 5.10 Å². The molecule has 24 heavy (non-hydrogen) atoms. The zero-order valence-electron chi connectivity index (χ0n) is 13.4. The minimum absolute atomic E-state index is 0.113. The fraction of sp³-hybridized carbons (Fsp3) is 0.294. The molecule has 1 aromatic carbocycles. The van der Waals surface area contributed by atoms with Gasteiger partial charge in [0.1, 0.15) is 5.71 Å². The molecule has 7 heteroatoms. The van der Waals surface area contributed by atoms with Crippen LogP contribution < -0.4 is 10.3 Å². The first-order valence-corrected chi connectivity index (χ1v) is 7.58. The van der Waals surface area contributed by atoms with Crippen molar-refractivity contribution in [3.8, 4) is 0 Å². The van der Waals surface area contributed by atoms with Gasteiger partial charge in [-0.25, -0.2) is 9.80 Å². The fourth-order valence-corrected chi connectivity index (χ4v) is 2.07. The average molecular weight is 329 g/mol. The van der Waals surface area contributed by atoms with Crippen LogP contribution in [0.2, 0.25) is 0 Å². The van der Waals surface area contributed by atoms with Crippen LogP contribution in [-0.4, -0.2) is 36.1 Å². The smallest absolute Gasteiger partial charge is 0.355 e. The van der Waals surface area contributed by atoms with Crippen molar-refractivity contribution in [2.45, 2.75) is 25.9 Å². The number of ether oxygens (including phenoxy) is 1. The first-order chi connectivity index (χ1) is 11.5. The Hall–Kier alpha value is -2.96. The Kier molecular flexibility index (Phi) is 5.83. The van der Waals surface area contributed by atoms with Crippen LogP contribution in [0.1, 0.15) is 19.8 Å². The van der Waals surface area contributed by atoms with E-state index in [9.17, 15) is 14.4 Å². The Balaban J connectivity index is 2.07. The van der Waals surface area contributed by atoms with Gasteiger partial charge in [-0.15, -0.1) is 6.58 Å². The van der Waals surface area contributed by atoms with Crippen LogP contribution in [0.4, 0.5) is 5.69 Å². The molecule has 0 unspecified atom stereocenters. The molecule has 126 valence electrons. The lowest BCUT2D eigenvalue weighted by Crippen LogP contribution is -2.39. The summed E-state index contributed by atoms with van der Waals surface area (Å²) < 4.78 is 5.11. The third-order valence-corrected chi connectivity index (χ3v) is 3.34. The Morgan fingerprint density at radius 2 is 2.08 bits per heavy atom. The van der Waals surface area contributed by atoms with Crippen molar-refractivity contribution in [3.05, 3.63) is 43.0 Å². The van der Waals surface area contributed by atoms with Crippen molar-refractivity contribution in [1.82, 2.24) is 5.32 Å². The van der Waals surface area contributed by atoms with Gasteiger partial charge in [-0.1, -0.05) is 24.3 Å². The lowest BCUT2D eigenvalue weighted by atomic mass is 10.1. The van der Waals surface area contributed by atoms with Crippen LogP contribution in [0, 0.1) is 0 Å². The maximum atomic E-state index is 12.2. The van der Waals surface area contributed by atoms with Gasteiger partial charge >= 0.3 is 5.97 Å². The van der Waals surface area contributed by atoms with Crippen molar-refractivity contribution < 1.29 is 19.1 Å². The van der Waals surface area contributed by atoms with E-state index in [4.69, 9.17) is 4.74 Å². The van der Waals surface area contributed by atoms with E-state index in [0.717, 1.165) is 0 Å². The van der Waals surface area contributed by atoms with Crippen molar-refractivity contribution in [3.63, 3.8) is 0 Å². The molecule has 1 aliphatic heterocycles. The maximum Gasteiger partial charge on any atom is 0.355 e. The number of hydrogen-bond donors (Lipinski definition) is 1. The molecule has 0 spiro atoms. The number of amides is 2. The molecule has 0 aromatic heterocycles. The van der Waals surface area contributed by atoms with E-state index >= 15 is 0 Å². The molecule has 0 saturated carbocycles. The van der Waals surface area contributed by atoms with Crippen molar-refractivity contribution in [2.75, 3.05) is 11.6 Å². The van der Waals surface area contributed by atoms with Crippen LogP contribution in [0.15, 0.2) is 48.1 Å². The third kappa shape index (κ3) is 4.28. The number of hydrazone groups is 1. The topological polar surface area (TPSA) is 88.1 Å². The van der Waals surface area contributed by atoms with Crippen LogP contribution in [0.5, 0.6) is 0 Å². The fourth-order valence-electron chi connectivity index (χ4n) is 2.07. The molecule has 1 heterocycles. The molecule has 0 radical (unpaired) electrons. The van der Waals surface area contributed by atoms with E-state index in [1.807, 2.05) is 6.07 Å². The average Bonchev–Trinajstić information content (AvgIpc) is 2.60. The second-order valence-electron chi connectivity index (χ2n) is 5.17. The van der Waals surface area contributed by atoms with E-state index in [1.165, 1.54) is 18.0 Å². The van der Waals surface area contributed by atoms with Gasteiger partial charge in [0, 0.05) is 19.4 Å². The highest BCUT2D eigenvalue weighted by molar-refractivity contribution is 6.38. The van der Waals surface area contributed by atoms with E-state index < -0.39 is 18.0 Å².